The van der Waals surface area contributed by atoms with Crippen LogP contribution in [0.5, 0.6) is 0 Å². The molecule has 0 aromatic heterocycles. The van der Waals surface area contributed by atoms with Gasteiger partial charge in [0.1, 0.15) is 0 Å². The van der Waals surface area contributed by atoms with Crippen LogP contribution in [0.4, 0.5) is 8.78 Å². The first-order chi connectivity index (χ1) is 7.56. The molecule has 0 saturated carbocycles. The van der Waals surface area contributed by atoms with Gasteiger partial charge in [-0.1, -0.05) is 27.2 Å². The first-order valence-corrected chi connectivity index (χ1v) is 5.27. The summed E-state index contributed by atoms with van der Waals surface area (Å²) in [5, 5.41) is 8.72. The van der Waals surface area contributed by atoms with E-state index in [0.717, 1.165) is 12.1 Å². The van der Waals surface area contributed by atoms with Crippen LogP contribution in [0.2, 0.25) is 0 Å². The lowest BCUT2D eigenvalue weighted by Gasteiger charge is -2.05. The van der Waals surface area contributed by atoms with Crippen molar-refractivity contribution in [1.82, 2.24) is 0 Å². The third kappa shape index (κ3) is 3.61. The number of halogens is 2. The molecule has 16 heavy (non-hydrogen) atoms. The number of benzene rings is 1. The Morgan fingerprint density at radius 1 is 1.25 bits per heavy atom. The number of rotatable bonds is 3. The highest BCUT2D eigenvalue weighted by molar-refractivity contribution is 5.89. The predicted molar refractivity (Wildman–Crippen MR) is 58.7 cm³/mol. The maximum absolute atomic E-state index is 12.8. The molecular weight excluding hydrogens is 214 g/mol. The van der Waals surface area contributed by atoms with Crippen LogP contribution in [0.1, 0.15) is 43.1 Å². The van der Waals surface area contributed by atoms with Gasteiger partial charge in [-0.3, -0.25) is 0 Å². The first-order valence-electron chi connectivity index (χ1n) is 5.27. The summed E-state index contributed by atoms with van der Waals surface area (Å²) in [6.45, 7) is 5.84. The highest BCUT2D eigenvalue weighted by Crippen LogP contribution is 2.16. The lowest BCUT2D eigenvalue weighted by atomic mass is 10.0. The molecule has 0 aliphatic carbocycles. The van der Waals surface area contributed by atoms with Crippen molar-refractivity contribution in [3.63, 3.8) is 0 Å². The van der Waals surface area contributed by atoms with Crippen LogP contribution in [0.15, 0.2) is 12.1 Å². The summed E-state index contributed by atoms with van der Waals surface area (Å²) in [6.07, 6.45) is 1.12. The van der Waals surface area contributed by atoms with Crippen molar-refractivity contribution in [2.75, 3.05) is 0 Å². The molecule has 0 aliphatic rings. The monoisotopic (exact) mass is 230 g/mol. The van der Waals surface area contributed by atoms with Gasteiger partial charge in [0.2, 0.25) is 0 Å². The van der Waals surface area contributed by atoms with Gasteiger partial charge in [-0.05, 0) is 24.1 Å². The Bertz CT molecular complexity index is 362. The van der Waals surface area contributed by atoms with E-state index in [2.05, 4.69) is 0 Å². The third-order valence-electron chi connectivity index (χ3n) is 1.90. The molecule has 0 fully saturated rings. The molecule has 0 aliphatic heterocycles. The average Bonchev–Trinajstić information content (AvgIpc) is 2.26. The van der Waals surface area contributed by atoms with Crippen molar-refractivity contribution in [1.29, 1.82) is 0 Å². The predicted octanol–water partition coefficient (Wildman–Crippen LogP) is 3.64. The van der Waals surface area contributed by atoms with E-state index < -0.39 is 17.6 Å². The van der Waals surface area contributed by atoms with E-state index in [1.807, 2.05) is 20.8 Å². The number of carboxylic acids is 1. The Morgan fingerprint density at radius 2 is 1.75 bits per heavy atom. The number of carbonyl (C=O) groups is 1. The van der Waals surface area contributed by atoms with E-state index >= 15 is 0 Å². The van der Waals surface area contributed by atoms with Crippen molar-refractivity contribution in [2.45, 2.75) is 33.6 Å². The van der Waals surface area contributed by atoms with Gasteiger partial charge in [0, 0.05) is 0 Å². The zero-order valence-corrected chi connectivity index (χ0v) is 9.68. The highest BCUT2D eigenvalue weighted by Gasteiger charge is 2.14. The molecule has 4 heteroatoms. The third-order valence-corrected chi connectivity index (χ3v) is 1.90. The van der Waals surface area contributed by atoms with E-state index in [1.165, 1.54) is 0 Å². The normalized spacial score (nSPS) is 9.31. The van der Waals surface area contributed by atoms with Crippen LogP contribution in [-0.4, -0.2) is 11.1 Å². The summed E-state index contributed by atoms with van der Waals surface area (Å²) in [6, 6.07) is 1.67. The second-order valence-electron chi connectivity index (χ2n) is 2.98. The summed E-state index contributed by atoms with van der Waals surface area (Å²) in [5.74, 6) is -3.35. The van der Waals surface area contributed by atoms with E-state index in [0.29, 0.717) is 18.4 Å². The second kappa shape index (κ2) is 6.93. The standard InChI is InChI=1S/C10H10F2O2.C2H6/c1-2-3-6-4-8(11)9(12)5-7(6)10(13)14;1-2/h4-5H,2-3H2,1H3,(H,13,14);1-2H3. The fourth-order valence-electron chi connectivity index (χ4n) is 1.26. The van der Waals surface area contributed by atoms with Crippen molar-refractivity contribution in [3.8, 4) is 0 Å². The molecule has 1 N–H and O–H groups in total. The summed E-state index contributed by atoms with van der Waals surface area (Å²) in [7, 11) is 0. The Hall–Kier alpha value is -1.45. The van der Waals surface area contributed by atoms with Gasteiger partial charge in [-0.2, -0.15) is 0 Å². The average molecular weight is 230 g/mol. The summed E-state index contributed by atoms with van der Waals surface area (Å²) >= 11 is 0. The van der Waals surface area contributed by atoms with Gasteiger partial charge in [0.25, 0.3) is 0 Å². The molecule has 0 heterocycles. The molecule has 0 atom stereocenters. The van der Waals surface area contributed by atoms with E-state index in [1.54, 1.807) is 0 Å². The Morgan fingerprint density at radius 3 is 2.19 bits per heavy atom. The summed E-state index contributed by atoms with van der Waals surface area (Å²) in [4.78, 5) is 10.7. The number of hydrogen-bond acceptors (Lipinski definition) is 1. The quantitative estimate of drug-likeness (QED) is 0.860. The Labute approximate surface area is 93.9 Å². The van der Waals surface area contributed by atoms with Crippen LogP contribution in [0, 0.1) is 11.6 Å². The van der Waals surface area contributed by atoms with Gasteiger partial charge in [-0.25, -0.2) is 13.6 Å². The van der Waals surface area contributed by atoms with Gasteiger partial charge < -0.3 is 5.11 Å². The van der Waals surface area contributed by atoms with Crippen LogP contribution >= 0.6 is 0 Å². The van der Waals surface area contributed by atoms with E-state index in [-0.39, 0.29) is 5.56 Å². The van der Waals surface area contributed by atoms with E-state index in [4.69, 9.17) is 5.11 Å². The Kier molecular flexibility index (Phi) is 6.30. The molecule has 1 rings (SSSR count). The largest absolute Gasteiger partial charge is 0.478 e. The smallest absolute Gasteiger partial charge is 0.336 e. The van der Waals surface area contributed by atoms with Crippen LogP contribution < -0.4 is 0 Å². The summed E-state index contributed by atoms with van der Waals surface area (Å²) in [5.41, 5.74) is 0.171. The molecular formula is C12H16F2O2. The van der Waals surface area contributed by atoms with Gasteiger partial charge >= 0.3 is 5.97 Å². The lowest BCUT2D eigenvalue weighted by molar-refractivity contribution is 0.0695. The van der Waals surface area contributed by atoms with E-state index in [9.17, 15) is 13.6 Å². The summed E-state index contributed by atoms with van der Waals surface area (Å²) < 4.78 is 25.5. The van der Waals surface area contributed by atoms with Crippen molar-refractivity contribution < 1.29 is 18.7 Å². The van der Waals surface area contributed by atoms with Crippen LogP contribution in [-0.2, 0) is 6.42 Å². The number of aryl methyl sites for hydroxylation is 1. The SMILES string of the molecule is CC.CCCc1cc(F)c(F)cc1C(=O)O. The maximum atomic E-state index is 12.8. The second-order valence-corrected chi connectivity index (χ2v) is 2.98. The zero-order valence-electron chi connectivity index (χ0n) is 9.68. The van der Waals surface area contributed by atoms with Gasteiger partial charge in [0.15, 0.2) is 11.6 Å². The topological polar surface area (TPSA) is 37.3 Å². The first kappa shape index (κ1) is 14.6. The number of carboxylic acid groups (broad SMARTS) is 1. The minimum Gasteiger partial charge on any atom is -0.478 e. The van der Waals surface area contributed by atoms with Crippen molar-refractivity contribution in [3.05, 3.63) is 34.9 Å². The zero-order chi connectivity index (χ0) is 12.7. The fourth-order valence-corrected chi connectivity index (χ4v) is 1.26. The molecule has 1 aromatic carbocycles. The number of aromatic carboxylic acids is 1. The molecule has 2 nitrogen and oxygen atoms in total. The van der Waals surface area contributed by atoms with Gasteiger partial charge in [0.05, 0.1) is 5.56 Å². The lowest BCUT2D eigenvalue weighted by Crippen LogP contribution is -2.04. The number of hydrogen-bond donors (Lipinski definition) is 1. The molecule has 90 valence electrons. The Balaban J connectivity index is 0.00000106. The molecule has 0 amide bonds. The highest BCUT2D eigenvalue weighted by atomic mass is 19.2. The van der Waals surface area contributed by atoms with Crippen LogP contribution in [0.3, 0.4) is 0 Å². The fraction of sp³-hybridized carbons (Fsp3) is 0.417. The molecule has 0 bridgehead atoms. The minimum atomic E-state index is -1.23. The molecule has 0 unspecified atom stereocenters. The minimum absolute atomic E-state index is 0.161. The molecule has 0 saturated heterocycles. The molecule has 0 radical (unpaired) electrons. The van der Waals surface area contributed by atoms with Gasteiger partial charge in [-0.15, -0.1) is 0 Å². The van der Waals surface area contributed by atoms with Crippen molar-refractivity contribution in [2.24, 2.45) is 0 Å². The molecule has 1 aromatic rings. The molecule has 0 spiro atoms. The van der Waals surface area contributed by atoms with Crippen LogP contribution in [0.25, 0.3) is 0 Å². The van der Waals surface area contributed by atoms with Crippen molar-refractivity contribution >= 4 is 5.97 Å². The maximum Gasteiger partial charge on any atom is 0.336 e.